The maximum Gasteiger partial charge on any atom is 0.341 e. The van der Waals surface area contributed by atoms with Crippen molar-refractivity contribution in [2.75, 3.05) is 13.1 Å². The van der Waals surface area contributed by atoms with Gasteiger partial charge in [-0.3, -0.25) is 14.6 Å². The van der Waals surface area contributed by atoms with Crippen LogP contribution in [0.25, 0.3) is 11.4 Å². The summed E-state index contributed by atoms with van der Waals surface area (Å²) in [4.78, 5) is 22.5. The summed E-state index contributed by atoms with van der Waals surface area (Å²) < 4.78 is 35.4. The van der Waals surface area contributed by atoms with Gasteiger partial charge in [-0.1, -0.05) is 0 Å². The summed E-state index contributed by atoms with van der Waals surface area (Å²) in [5.74, 6) is -0.976. The highest BCUT2D eigenvalue weighted by atomic mass is 19.1. The monoisotopic (exact) mass is 453 g/mol. The van der Waals surface area contributed by atoms with Crippen LogP contribution in [0.1, 0.15) is 23.6 Å². The minimum absolute atomic E-state index is 0.0700. The van der Waals surface area contributed by atoms with Crippen LogP contribution in [0, 0.1) is 18.6 Å². The smallest absolute Gasteiger partial charge is 0.341 e. The first-order chi connectivity index (χ1) is 15.9. The molecule has 2 aliphatic rings. The minimum atomic E-state index is -0.578. The third-order valence-corrected chi connectivity index (χ3v) is 5.73. The van der Waals surface area contributed by atoms with Crippen LogP contribution >= 0.6 is 0 Å². The van der Waals surface area contributed by atoms with E-state index in [4.69, 9.17) is 4.74 Å². The molecule has 0 radical (unpaired) electrons. The normalized spacial score (nSPS) is 18.0. The number of aromatic nitrogens is 4. The second-order valence-corrected chi connectivity index (χ2v) is 8.06. The van der Waals surface area contributed by atoms with Gasteiger partial charge in [0.25, 0.3) is 0 Å². The maximum atomic E-state index is 14.4. The van der Waals surface area contributed by atoms with Crippen LogP contribution in [0.2, 0.25) is 0 Å². The number of urea groups is 1. The Morgan fingerprint density at radius 2 is 1.97 bits per heavy atom. The average Bonchev–Trinajstić information content (AvgIpc) is 3.38. The van der Waals surface area contributed by atoms with Crippen LogP contribution in [-0.2, 0) is 7.05 Å². The van der Waals surface area contributed by atoms with Crippen molar-refractivity contribution in [1.82, 2.24) is 29.7 Å². The lowest BCUT2D eigenvalue weighted by Gasteiger charge is -2.41. The molecule has 0 N–H and O–H groups in total. The lowest BCUT2D eigenvalue weighted by Crippen LogP contribution is -2.58. The van der Waals surface area contributed by atoms with E-state index in [1.165, 1.54) is 17.3 Å². The van der Waals surface area contributed by atoms with Crippen LogP contribution in [0.15, 0.2) is 42.0 Å². The van der Waals surface area contributed by atoms with E-state index in [-0.39, 0.29) is 31.0 Å². The van der Waals surface area contributed by atoms with Crippen LogP contribution in [0.5, 0.6) is 5.75 Å². The number of hydrazone groups is 1. The molecule has 5 rings (SSSR count). The molecule has 1 fully saturated rings. The van der Waals surface area contributed by atoms with E-state index < -0.39 is 17.7 Å². The first kappa shape index (κ1) is 21.0. The van der Waals surface area contributed by atoms with E-state index in [2.05, 4.69) is 20.2 Å². The van der Waals surface area contributed by atoms with Crippen molar-refractivity contribution in [3.63, 3.8) is 0 Å². The van der Waals surface area contributed by atoms with Gasteiger partial charge < -0.3 is 9.64 Å². The Balaban J connectivity index is 1.24. The van der Waals surface area contributed by atoms with Gasteiger partial charge in [0.05, 0.1) is 49.1 Å². The highest BCUT2D eigenvalue weighted by molar-refractivity contribution is 5.79. The third-order valence-electron chi connectivity index (χ3n) is 5.73. The summed E-state index contributed by atoms with van der Waals surface area (Å²) in [6.07, 6.45) is 7.20. The van der Waals surface area contributed by atoms with Crippen molar-refractivity contribution in [3.8, 4) is 17.1 Å². The molecule has 1 atom stereocenters. The van der Waals surface area contributed by atoms with Gasteiger partial charge in [0, 0.05) is 31.9 Å². The quantitative estimate of drug-likeness (QED) is 0.606. The predicted octanol–water partition coefficient (Wildman–Crippen LogP) is 3.08. The fourth-order valence-corrected chi connectivity index (χ4v) is 4.03. The lowest BCUT2D eigenvalue weighted by atomic mass is 10.1. The molecule has 1 unspecified atom stereocenters. The molecule has 3 aromatic rings. The van der Waals surface area contributed by atoms with Gasteiger partial charge >= 0.3 is 6.03 Å². The largest absolute Gasteiger partial charge is 0.483 e. The van der Waals surface area contributed by atoms with E-state index in [1.54, 1.807) is 35.1 Å². The SMILES string of the molecule is Cc1cnn(C)c1-c1cc(OC2CN(C(=O)N3N=CCC3c3cncc(F)c3)C2)c(F)cn1. The van der Waals surface area contributed by atoms with Gasteiger partial charge in [0.15, 0.2) is 11.6 Å². The topological polar surface area (TPSA) is 88.7 Å². The van der Waals surface area contributed by atoms with E-state index in [9.17, 15) is 13.6 Å². The molecule has 0 spiro atoms. The number of ether oxygens (including phenoxy) is 1. The molecular weight excluding hydrogens is 432 g/mol. The van der Waals surface area contributed by atoms with Gasteiger partial charge in [0.2, 0.25) is 0 Å². The number of pyridine rings is 2. The molecule has 0 aliphatic carbocycles. The van der Waals surface area contributed by atoms with Gasteiger partial charge in [-0.15, -0.1) is 0 Å². The van der Waals surface area contributed by atoms with Crippen molar-refractivity contribution >= 4 is 12.2 Å². The van der Waals surface area contributed by atoms with Crippen molar-refractivity contribution in [3.05, 3.63) is 59.7 Å². The molecule has 1 saturated heterocycles. The first-order valence-electron chi connectivity index (χ1n) is 10.4. The third kappa shape index (κ3) is 3.90. The number of hydrogen-bond donors (Lipinski definition) is 0. The zero-order valence-corrected chi connectivity index (χ0v) is 18.0. The van der Waals surface area contributed by atoms with Crippen LogP contribution < -0.4 is 4.74 Å². The Morgan fingerprint density at radius 3 is 2.70 bits per heavy atom. The van der Waals surface area contributed by atoms with Crippen molar-refractivity contribution in [2.24, 2.45) is 12.1 Å². The Bertz CT molecular complexity index is 1220. The zero-order chi connectivity index (χ0) is 23.1. The maximum absolute atomic E-state index is 14.4. The van der Waals surface area contributed by atoms with Crippen LogP contribution in [0.4, 0.5) is 13.6 Å². The van der Waals surface area contributed by atoms with Crippen molar-refractivity contribution in [2.45, 2.75) is 25.5 Å². The second-order valence-electron chi connectivity index (χ2n) is 8.06. The van der Waals surface area contributed by atoms with E-state index in [0.29, 0.717) is 17.7 Å². The molecule has 0 aromatic carbocycles. The molecule has 2 aliphatic heterocycles. The Hall–Kier alpha value is -3.89. The fraction of sp³-hybridized carbons (Fsp3) is 0.318. The molecule has 170 valence electrons. The summed E-state index contributed by atoms with van der Waals surface area (Å²) in [5, 5.41) is 9.67. The minimum Gasteiger partial charge on any atom is -0.483 e. The van der Waals surface area contributed by atoms with Crippen LogP contribution in [0.3, 0.4) is 0 Å². The number of amides is 2. The number of carbonyl (C=O) groups excluding carboxylic acids is 1. The average molecular weight is 453 g/mol. The zero-order valence-electron chi connectivity index (χ0n) is 18.0. The van der Waals surface area contributed by atoms with E-state index in [1.807, 2.05) is 6.92 Å². The number of likely N-dealkylation sites (tertiary alicyclic amines) is 1. The number of nitrogens with zero attached hydrogens (tertiary/aromatic N) is 7. The lowest BCUT2D eigenvalue weighted by molar-refractivity contribution is 0.0256. The summed E-state index contributed by atoms with van der Waals surface area (Å²) >= 11 is 0. The Kier molecular flexibility index (Phi) is 5.23. The summed E-state index contributed by atoms with van der Waals surface area (Å²) in [6, 6.07) is 2.16. The summed E-state index contributed by atoms with van der Waals surface area (Å²) in [5.41, 5.74) is 2.81. The first-order valence-corrected chi connectivity index (χ1v) is 10.4. The predicted molar refractivity (Wildman–Crippen MR) is 114 cm³/mol. The highest BCUT2D eigenvalue weighted by Crippen LogP contribution is 2.32. The molecule has 0 bridgehead atoms. The number of carbonyl (C=O) groups is 1. The summed E-state index contributed by atoms with van der Waals surface area (Å²) in [6.45, 7) is 2.46. The van der Waals surface area contributed by atoms with Crippen LogP contribution in [-0.4, -0.2) is 61.1 Å². The summed E-state index contributed by atoms with van der Waals surface area (Å²) in [7, 11) is 1.79. The number of rotatable bonds is 4. The number of halogens is 2. The molecule has 2 amide bonds. The Labute approximate surface area is 188 Å². The Morgan fingerprint density at radius 1 is 1.15 bits per heavy atom. The van der Waals surface area contributed by atoms with Crippen molar-refractivity contribution < 1.29 is 18.3 Å². The molecule has 0 saturated carbocycles. The van der Waals surface area contributed by atoms with Gasteiger partial charge in [-0.25, -0.2) is 18.6 Å². The molecule has 9 nitrogen and oxygen atoms in total. The van der Waals surface area contributed by atoms with Gasteiger partial charge in [-0.2, -0.15) is 10.2 Å². The van der Waals surface area contributed by atoms with Gasteiger partial charge in [0.1, 0.15) is 11.9 Å². The second kappa shape index (κ2) is 8.23. The van der Waals surface area contributed by atoms with Crippen molar-refractivity contribution in [1.29, 1.82) is 0 Å². The molecule has 3 aromatic heterocycles. The molecule has 33 heavy (non-hydrogen) atoms. The highest BCUT2D eigenvalue weighted by Gasteiger charge is 2.39. The van der Waals surface area contributed by atoms with Gasteiger partial charge in [-0.05, 0) is 24.1 Å². The van der Waals surface area contributed by atoms with E-state index >= 15 is 0 Å². The molecule has 11 heteroatoms. The number of aryl methyl sites for hydroxylation is 2. The standard InChI is InChI=1S/C22H21F2N7O2/c1-13-7-28-29(2)21(13)18-6-20(17(24)10-26-18)33-16-11-30(12-16)22(32)31-19(3-4-27-31)14-5-15(23)9-25-8-14/h4-10,16,19H,3,11-12H2,1-2H3. The molecular formula is C22H21F2N7O2. The van der Waals surface area contributed by atoms with E-state index in [0.717, 1.165) is 23.7 Å². The fourth-order valence-electron chi connectivity index (χ4n) is 4.03. The number of hydrogen-bond acceptors (Lipinski definition) is 6. The molecule has 5 heterocycles.